The van der Waals surface area contributed by atoms with Gasteiger partial charge in [0.25, 0.3) is 0 Å². The minimum Gasteiger partial charge on any atom is -0.350 e. The van der Waals surface area contributed by atoms with Crippen molar-refractivity contribution < 1.29 is 4.79 Å². The summed E-state index contributed by atoms with van der Waals surface area (Å²) in [4.78, 5) is 20.1. The Labute approximate surface area is 125 Å². The first kappa shape index (κ1) is 15.3. The molecule has 1 aromatic heterocycles. The summed E-state index contributed by atoms with van der Waals surface area (Å²) in [6.45, 7) is 1.03. The number of pyridine rings is 1. The van der Waals surface area contributed by atoms with Gasteiger partial charge in [-0.05, 0) is 19.2 Å². The molecule has 1 heterocycles. The number of aromatic nitrogens is 1. The minimum absolute atomic E-state index is 0.0582. The molecule has 0 unspecified atom stereocenters. The summed E-state index contributed by atoms with van der Waals surface area (Å²) in [5.74, 6) is 0.904. The van der Waals surface area contributed by atoms with Crippen molar-refractivity contribution in [2.45, 2.75) is 6.54 Å². The summed E-state index contributed by atoms with van der Waals surface area (Å²) >= 11 is 0. The minimum atomic E-state index is 0.0582. The molecule has 2 aromatic rings. The number of carbonyl (C=O) groups excluding carboxylic acids is 1. The number of rotatable bonds is 5. The number of para-hydroxylation sites is 1. The zero-order valence-electron chi connectivity index (χ0n) is 13.1. The molecule has 5 nitrogen and oxygen atoms in total. The second-order valence-corrected chi connectivity index (χ2v) is 5.34. The molecule has 1 amide bonds. The summed E-state index contributed by atoms with van der Waals surface area (Å²) in [6, 6.07) is 10.2. The van der Waals surface area contributed by atoms with Crippen molar-refractivity contribution in [1.29, 1.82) is 0 Å². The zero-order valence-corrected chi connectivity index (χ0v) is 13.1. The lowest BCUT2D eigenvalue weighted by Gasteiger charge is -2.23. The zero-order chi connectivity index (χ0) is 15.4. The van der Waals surface area contributed by atoms with Crippen molar-refractivity contribution in [3.05, 3.63) is 35.9 Å². The largest absolute Gasteiger partial charge is 0.350 e. The second-order valence-electron chi connectivity index (χ2n) is 5.34. The Morgan fingerprint density at radius 3 is 2.62 bits per heavy atom. The number of carbonyl (C=O) groups is 1. The van der Waals surface area contributed by atoms with Gasteiger partial charge in [0.1, 0.15) is 5.82 Å². The molecule has 0 radical (unpaired) electrons. The normalized spacial score (nSPS) is 10.7. The highest BCUT2D eigenvalue weighted by molar-refractivity contribution is 5.84. The average Bonchev–Trinajstić information content (AvgIpc) is 2.46. The lowest BCUT2D eigenvalue weighted by Crippen LogP contribution is -2.35. The van der Waals surface area contributed by atoms with E-state index in [4.69, 9.17) is 4.98 Å². The maximum Gasteiger partial charge on any atom is 0.241 e. The molecule has 0 aliphatic rings. The molecular formula is C16H22N4O. The first-order valence-corrected chi connectivity index (χ1v) is 6.97. The van der Waals surface area contributed by atoms with E-state index in [2.05, 4.69) is 17.4 Å². The van der Waals surface area contributed by atoms with E-state index < -0.39 is 0 Å². The van der Waals surface area contributed by atoms with E-state index in [1.165, 1.54) is 0 Å². The molecule has 112 valence electrons. The van der Waals surface area contributed by atoms with Gasteiger partial charge in [-0.15, -0.1) is 0 Å². The van der Waals surface area contributed by atoms with Gasteiger partial charge in [-0.25, -0.2) is 4.98 Å². The van der Waals surface area contributed by atoms with E-state index in [-0.39, 0.29) is 5.91 Å². The summed E-state index contributed by atoms with van der Waals surface area (Å²) in [6.07, 6.45) is 0. The van der Waals surface area contributed by atoms with Crippen molar-refractivity contribution in [2.24, 2.45) is 0 Å². The maximum atomic E-state index is 11.9. The Hall–Kier alpha value is -2.14. The summed E-state index contributed by atoms with van der Waals surface area (Å²) in [5, 5.41) is 4.27. The first-order valence-electron chi connectivity index (χ1n) is 6.97. The third-order valence-electron chi connectivity index (χ3n) is 3.38. The molecule has 0 spiro atoms. The Morgan fingerprint density at radius 1 is 1.24 bits per heavy atom. The van der Waals surface area contributed by atoms with Crippen molar-refractivity contribution in [1.82, 2.24) is 15.2 Å². The number of amides is 1. The van der Waals surface area contributed by atoms with Crippen LogP contribution in [0.5, 0.6) is 0 Å². The molecule has 2 rings (SSSR count). The summed E-state index contributed by atoms with van der Waals surface area (Å²) < 4.78 is 0. The van der Waals surface area contributed by atoms with E-state index in [0.717, 1.165) is 22.3 Å². The van der Waals surface area contributed by atoms with Gasteiger partial charge < -0.3 is 15.1 Å². The Balaban J connectivity index is 2.39. The van der Waals surface area contributed by atoms with Crippen molar-refractivity contribution in [3.63, 3.8) is 0 Å². The van der Waals surface area contributed by atoms with E-state index in [1.807, 2.05) is 37.2 Å². The second kappa shape index (κ2) is 6.54. The highest BCUT2D eigenvalue weighted by Crippen LogP contribution is 2.22. The standard InChI is InChI=1S/C16H22N4O/c1-17-10-13-9-12-7-5-6-8-14(12)18-16(13)20(4)11-15(21)19(2)3/h5-9,17H,10-11H2,1-4H3. The van der Waals surface area contributed by atoms with Crippen LogP contribution >= 0.6 is 0 Å². The van der Waals surface area contributed by atoms with Gasteiger partial charge in [0.05, 0.1) is 12.1 Å². The predicted octanol–water partition coefficient (Wildman–Crippen LogP) is 1.48. The van der Waals surface area contributed by atoms with Crippen LogP contribution in [-0.2, 0) is 11.3 Å². The quantitative estimate of drug-likeness (QED) is 0.904. The number of hydrogen-bond donors (Lipinski definition) is 1. The van der Waals surface area contributed by atoms with E-state index in [9.17, 15) is 4.79 Å². The van der Waals surface area contributed by atoms with Gasteiger partial charge in [-0.2, -0.15) is 0 Å². The van der Waals surface area contributed by atoms with Crippen LogP contribution in [0.15, 0.2) is 30.3 Å². The summed E-state index contributed by atoms with van der Waals surface area (Å²) in [7, 11) is 7.33. The van der Waals surface area contributed by atoms with Crippen LogP contribution in [0.25, 0.3) is 10.9 Å². The van der Waals surface area contributed by atoms with Crippen LogP contribution in [0.3, 0.4) is 0 Å². The number of fused-ring (bicyclic) bond motifs is 1. The molecule has 21 heavy (non-hydrogen) atoms. The Kier molecular flexibility index (Phi) is 4.75. The molecule has 0 aliphatic carbocycles. The van der Waals surface area contributed by atoms with Gasteiger partial charge in [0, 0.05) is 38.6 Å². The van der Waals surface area contributed by atoms with Crippen molar-refractivity contribution in [2.75, 3.05) is 39.6 Å². The number of benzene rings is 1. The van der Waals surface area contributed by atoms with Crippen LogP contribution in [0.2, 0.25) is 0 Å². The van der Waals surface area contributed by atoms with Crippen molar-refractivity contribution >= 4 is 22.6 Å². The third-order valence-corrected chi connectivity index (χ3v) is 3.38. The number of hydrogen-bond acceptors (Lipinski definition) is 4. The average molecular weight is 286 g/mol. The molecule has 0 atom stereocenters. The number of nitrogens with one attached hydrogen (secondary N) is 1. The molecule has 0 aliphatic heterocycles. The van der Waals surface area contributed by atoms with E-state index >= 15 is 0 Å². The van der Waals surface area contributed by atoms with Crippen LogP contribution in [-0.4, -0.2) is 50.5 Å². The highest BCUT2D eigenvalue weighted by Gasteiger charge is 2.14. The number of anilines is 1. The van der Waals surface area contributed by atoms with E-state index in [0.29, 0.717) is 13.1 Å². The van der Waals surface area contributed by atoms with Gasteiger partial charge >= 0.3 is 0 Å². The number of nitrogens with zero attached hydrogens (tertiary/aromatic N) is 3. The maximum absolute atomic E-state index is 11.9. The Bertz CT molecular complexity index is 639. The van der Waals surface area contributed by atoms with Gasteiger partial charge in [0.2, 0.25) is 5.91 Å². The molecule has 0 bridgehead atoms. The van der Waals surface area contributed by atoms with Crippen LogP contribution in [0.1, 0.15) is 5.56 Å². The fourth-order valence-electron chi connectivity index (χ4n) is 2.22. The lowest BCUT2D eigenvalue weighted by atomic mass is 10.1. The molecule has 1 N–H and O–H groups in total. The smallest absolute Gasteiger partial charge is 0.241 e. The molecular weight excluding hydrogens is 264 g/mol. The van der Waals surface area contributed by atoms with Gasteiger partial charge in [0.15, 0.2) is 0 Å². The molecule has 0 saturated carbocycles. The van der Waals surface area contributed by atoms with Gasteiger partial charge in [-0.3, -0.25) is 4.79 Å². The van der Waals surface area contributed by atoms with Crippen LogP contribution in [0, 0.1) is 0 Å². The van der Waals surface area contributed by atoms with E-state index in [1.54, 1.807) is 19.0 Å². The molecule has 0 fully saturated rings. The predicted molar refractivity (Wildman–Crippen MR) is 86.5 cm³/mol. The summed E-state index contributed by atoms with van der Waals surface area (Å²) in [5.41, 5.74) is 2.03. The fourth-order valence-corrected chi connectivity index (χ4v) is 2.22. The lowest BCUT2D eigenvalue weighted by molar-refractivity contribution is -0.127. The SMILES string of the molecule is CNCc1cc2ccccc2nc1N(C)CC(=O)N(C)C. The molecule has 0 saturated heterocycles. The van der Waals surface area contributed by atoms with Crippen molar-refractivity contribution in [3.8, 4) is 0 Å². The number of likely N-dealkylation sites (N-methyl/N-ethyl adjacent to an activating group) is 2. The highest BCUT2D eigenvalue weighted by atomic mass is 16.2. The topological polar surface area (TPSA) is 48.5 Å². The van der Waals surface area contributed by atoms with Crippen LogP contribution < -0.4 is 10.2 Å². The fraction of sp³-hybridized carbons (Fsp3) is 0.375. The third kappa shape index (κ3) is 3.49. The van der Waals surface area contributed by atoms with Crippen LogP contribution in [0.4, 0.5) is 5.82 Å². The van der Waals surface area contributed by atoms with Gasteiger partial charge in [-0.1, -0.05) is 18.2 Å². The molecule has 5 heteroatoms. The molecule has 1 aromatic carbocycles. The Morgan fingerprint density at radius 2 is 1.95 bits per heavy atom. The monoisotopic (exact) mass is 286 g/mol. The first-order chi connectivity index (χ1) is 10.0.